The van der Waals surface area contributed by atoms with E-state index in [-0.39, 0.29) is 23.7 Å². The minimum absolute atomic E-state index is 0. The molecule has 0 aliphatic carbocycles. The van der Waals surface area contributed by atoms with Gasteiger partial charge in [0.15, 0.2) is 0 Å². The molecule has 0 saturated carbocycles. The maximum atomic E-state index is 11.9. The number of likely N-dealkylation sites (N-methyl/N-ethyl adjacent to an activating group) is 1. The lowest BCUT2D eigenvalue weighted by molar-refractivity contribution is -0.130. The summed E-state index contributed by atoms with van der Waals surface area (Å²) >= 11 is 1.62. The summed E-state index contributed by atoms with van der Waals surface area (Å²) in [5.74, 6) is 0.153. The van der Waals surface area contributed by atoms with Gasteiger partial charge in [0.05, 0.1) is 6.42 Å². The quantitative estimate of drug-likeness (QED) is 0.896. The monoisotopic (exact) mass is 276 g/mol. The van der Waals surface area contributed by atoms with Crippen molar-refractivity contribution < 1.29 is 4.79 Å². The van der Waals surface area contributed by atoms with Crippen LogP contribution in [0.4, 0.5) is 0 Å². The first-order valence-electron chi connectivity index (χ1n) is 5.40. The van der Waals surface area contributed by atoms with Crippen LogP contribution in [0.3, 0.4) is 0 Å². The Kier molecular flexibility index (Phi) is 6.75. The van der Waals surface area contributed by atoms with Crippen LogP contribution in [0.2, 0.25) is 0 Å². The molecule has 1 aromatic rings. The number of halogens is 1. The Hall–Kier alpha value is -0.580. The number of hydrogen-bond donors (Lipinski definition) is 1. The Morgan fingerprint density at radius 3 is 2.65 bits per heavy atom. The largest absolute Gasteiger partial charge is 0.345 e. The number of nitrogens with two attached hydrogens (primary N) is 1. The van der Waals surface area contributed by atoms with Gasteiger partial charge in [-0.25, -0.2) is 0 Å². The Morgan fingerprint density at radius 1 is 1.53 bits per heavy atom. The summed E-state index contributed by atoms with van der Waals surface area (Å²) < 4.78 is 0. The van der Waals surface area contributed by atoms with Crippen molar-refractivity contribution in [3.63, 3.8) is 0 Å². The lowest BCUT2D eigenvalue weighted by Gasteiger charge is -2.29. The Labute approximate surface area is 113 Å². The van der Waals surface area contributed by atoms with Crippen LogP contribution >= 0.6 is 23.7 Å². The first-order valence-corrected chi connectivity index (χ1v) is 6.34. The van der Waals surface area contributed by atoms with Gasteiger partial charge < -0.3 is 10.6 Å². The second kappa shape index (κ2) is 6.99. The van der Waals surface area contributed by atoms with Crippen molar-refractivity contribution in [2.45, 2.75) is 20.3 Å². The van der Waals surface area contributed by atoms with E-state index in [2.05, 4.69) is 13.8 Å². The summed E-state index contributed by atoms with van der Waals surface area (Å²) in [5.41, 5.74) is 6.73. The van der Waals surface area contributed by atoms with E-state index in [1.165, 1.54) is 0 Å². The summed E-state index contributed by atoms with van der Waals surface area (Å²) in [6, 6.07) is 1.99. The fourth-order valence-electron chi connectivity index (χ4n) is 1.50. The van der Waals surface area contributed by atoms with Crippen molar-refractivity contribution in [3.05, 3.63) is 22.4 Å². The van der Waals surface area contributed by atoms with Crippen molar-refractivity contribution in [2.24, 2.45) is 11.1 Å². The lowest BCUT2D eigenvalue weighted by Crippen LogP contribution is -2.40. The fourth-order valence-corrected chi connectivity index (χ4v) is 2.17. The molecule has 1 amide bonds. The zero-order chi connectivity index (χ0) is 12.2. The van der Waals surface area contributed by atoms with Crippen molar-refractivity contribution in [1.29, 1.82) is 0 Å². The number of nitrogens with zero attached hydrogens (tertiary/aromatic N) is 1. The number of rotatable bonds is 5. The molecule has 0 aliphatic heterocycles. The molecular formula is C12H21ClN2OS. The molecule has 0 aliphatic rings. The van der Waals surface area contributed by atoms with Crippen LogP contribution in [0.5, 0.6) is 0 Å². The van der Waals surface area contributed by atoms with Gasteiger partial charge in [-0.1, -0.05) is 13.8 Å². The summed E-state index contributed by atoms with van der Waals surface area (Å²) in [4.78, 5) is 13.7. The number of carbonyl (C=O) groups excluding carboxylic acids is 1. The molecule has 0 radical (unpaired) electrons. The molecule has 5 heteroatoms. The molecule has 0 atom stereocenters. The molecule has 98 valence electrons. The van der Waals surface area contributed by atoms with Gasteiger partial charge in [-0.05, 0) is 34.3 Å². The van der Waals surface area contributed by atoms with E-state index < -0.39 is 0 Å². The van der Waals surface area contributed by atoms with Gasteiger partial charge in [-0.2, -0.15) is 11.3 Å². The first kappa shape index (κ1) is 16.4. The van der Waals surface area contributed by atoms with Gasteiger partial charge in [-0.3, -0.25) is 4.79 Å². The van der Waals surface area contributed by atoms with Crippen LogP contribution in [0.25, 0.3) is 0 Å². The predicted molar refractivity (Wildman–Crippen MR) is 75.7 cm³/mol. The zero-order valence-corrected chi connectivity index (χ0v) is 12.2. The van der Waals surface area contributed by atoms with Crippen molar-refractivity contribution in [3.8, 4) is 0 Å². The average Bonchev–Trinajstić information content (AvgIpc) is 2.69. The first-order chi connectivity index (χ1) is 7.44. The summed E-state index contributed by atoms with van der Waals surface area (Å²) in [6.07, 6.45) is 0.487. The number of thiophene rings is 1. The highest BCUT2D eigenvalue weighted by Crippen LogP contribution is 2.15. The molecule has 0 bridgehead atoms. The van der Waals surface area contributed by atoms with Gasteiger partial charge in [0.1, 0.15) is 0 Å². The minimum atomic E-state index is -0.0148. The number of amides is 1. The van der Waals surface area contributed by atoms with Gasteiger partial charge in [0.2, 0.25) is 5.91 Å². The molecule has 1 rings (SSSR count). The van der Waals surface area contributed by atoms with Gasteiger partial charge in [0, 0.05) is 13.6 Å². The molecule has 0 saturated heterocycles. The molecule has 0 unspecified atom stereocenters. The smallest absolute Gasteiger partial charge is 0.226 e. The molecule has 2 N–H and O–H groups in total. The molecule has 0 aromatic carbocycles. The van der Waals surface area contributed by atoms with Crippen LogP contribution < -0.4 is 5.73 Å². The lowest BCUT2D eigenvalue weighted by atomic mass is 9.93. The summed E-state index contributed by atoms with van der Waals surface area (Å²) in [5, 5.41) is 4.01. The van der Waals surface area contributed by atoms with Crippen LogP contribution in [-0.2, 0) is 11.2 Å². The van der Waals surface area contributed by atoms with E-state index in [0.29, 0.717) is 19.5 Å². The fraction of sp³-hybridized carbons (Fsp3) is 0.583. The average molecular weight is 277 g/mol. The molecule has 1 aromatic heterocycles. The highest BCUT2D eigenvalue weighted by Gasteiger charge is 2.21. The van der Waals surface area contributed by atoms with Crippen LogP contribution in [0.15, 0.2) is 16.8 Å². The van der Waals surface area contributed by atoms with E-state index in [0.717, 1.165) is 5.56 Å². The summed E-state index contributed by atoms with van der Waals surface area (Å²) in [6.45, 7) is 5.43. The van der Waals surface area contributed by atoms with Gasteiger partial charge in [0.25, 0.3) is 0 Å². The topological polar surface area (TPSA) is 46.3 Å². The second-order valence-electron chi connectivity index (χ2n) is 4.93. The van der Waals surface area contributed by atoms with E-state index in [4.69, 9.17) is 5.73 Å². The van der Waals surface area contributed by atoms with Gasteiger partial charge >= 0.3 is 0 Å². The maximum Gasteiger partial charge on any atom is 0.226 e. The van der Waals surface area contributed by atoms with Crippen molar-refractivity contribution >= 4 is 29.7 Å². The molecule has 3 nitrogen and oxygen atoms in total. The number of hydrogen-bond acceptors (Lipinski definition) is 3. The Bertz CT molecular complexity index is 338. The molecule has 1 heterocycles. The van der Waals surface area contributed by atoms with Gasteiger partial charge in [-0.15, -0.1) is 12.4 Å². The predicted octanol–water partition coefficient (Wildman–Crippen LogP) is 2.16. The van der Waals surface area contributed by atoms with E-state index in [9.17, 15) is 4.79 Å². The second-order valence-corrected chi connectivity index (χ2v) is 5.71. The van der Waals surface area contributed by atoms with E-state index >= 15 is 0 Å². The maximum absolute atomic E-state index is 11.9. The van der Waals surface area contributed by atoms with Crippen molar-refractivity contribution in [1.82, 2.24) is 4.90 Å². The normalized spacial score (nSPS) is 10.8. The third-order valence-electron chi connectivity index (χ3n) is 2.58. The third-order valence-corrected chi connectivity index (χ3v) is 3.31. The van der Waals surface area contributed by atoms with E-state index in [1.54, 1.807) is 16.2 Å². The SMILES string of the molecule is CN(CC(C)(C)CN)C(=O)Cc1ccsc1.Cl. The summed E-state index contributed by atoms with van der Waals surface area (Å²) in [7, 11) is 1.84. The molecule has 0 spiro atoms. The zero-order valence-electron chi connectivity index (χ0n) is 10.6. The Balaban J connectivity index is 0.00000256. The van der Waals surface area contributed by atoms with E-state index in [1.807, 2.05) is 23.9 Å². The Morgan fingerprint density at radius 2 is 2.18 bits per heavy atom. The minimum Gasteiger partial charge on any atom is -0.345 e. The standard InChI is InChI=1S/C12H20N2OS.ClH/c1-12(2,8-13)9-14(3)11(15)6-10-4-5-16-7-10;/h4-5,7H,6,8-9,13H2,1-3H3;1H. The van der Waals surface area contributed by atoms with Crippen LogP contribution in [0, 0.1) is 5.41 Å². The molecule has 0 fully saturated rings. The molecule has 17 heavy (non-hydrogen) atoms. The van der Waals surface area contributed by atoms with Crippen LogP contribution in [-0.4, -0.2) is 30.9 Å². The highest BCUT2D eigenvalue weighted by atomic mass is 35.5. The van der Waals surface area contributed by atoms with Crippen molar-refractivity contribution in [2.75, 3.05) is 20.1 Å². The highest BCUT2D eigenvalue weighted by molar-refractivity contribution is 7.07. The van der Waals surface area contributed by atoms with Crippen LogP contribution in [0.1, 0.15) is 19.4 Å². The molecular weight excluding hydrogens is 256 g/mol. The number of carbonyl (C=O) groups is 1. The third kappa shape index (κ3) is 5.52.